The first-order chi connectivity index (χ1) is 7.49. The lowest BCUT2D eigenvalue weighted by Crippen LogP contribution is -2.40. The Morgan fingerprint density at radius 3 is 2.81 bits per heavy atom. The highest BCUT2D eigenvalue weighted by atomic mass is 32.2. The molecule has 0 amide bonds. The fourth-order valence-corrected chi connectivity index (χ4v) is 3.40. The van der Waals surface area contributed by atoms with E-state index in [1.165, 1.54) is 13.3 Å². The number of thiazole rings is 1. The average Bonchev–Trinajstić information content (AvgIpc) is 2.64. The Morgan fingerprint density at radius 2 is 2.38 bits per heavy atom. The minimum absolute atomic E-state index is 0.119. The third-order valence-corrected chi connectivity index (χ3v) is 4.67. The van der Waals surface area contributed by atoms with Gasteiger partial charge in [0.05, 0.1) is 30.5 Å². The number of aryl methyl sites for hydroxylation is 1. The topological polar surface area (TPSA) is 88.5 Å². The summed E-state index contributed by atoms with van der Waals surface area (Å²) in [6.07, 6.45) is 1.30. The molecule has 0 bridgehead atoms. The number of aromatic nitrogens is 1. The van der Waals surface area contributed by atoms with Crippen LogP contribution in [-0.4, -0.2) is 44.9 Å². The number of ether oxygens (including phenoxy) is 1. The summed E-state index contributed by atoms with van der Waals surface area (Å²) in [5.74, 6) is 0. The monoisotopic (exact) mass is 266 g/mol. The number of aliphatic hydroxyl groups is 1. The van der Waals surface area contributed by atoms with Crippen molar-refractivity contribution >= 4 is 21.4 Å². The quantitative estimate of drug-likeness (QED) is 0.740. The number of sulfonamides is 1. The normalized spacial score (nSPS) is 13.9. The summed E-state index contributed by atoms with van der Waals surface area (Å²) in [5, 5.41) is 9.63. The standard InChI is InChI=1S/C8H14N2O4S2/c1-6-9-3-8(15-6)16(12,13)10-7(4-11)5-14-2/h3,7,10-11H,4-5H2,1-2H3. The van der Waals surface area contributed by atoms with Gasteiger partial charge >= 0.3 is 0 Å². The Morgan fingerprint density at radius 1 is 1.69 bits per heavy atom. The van der Waals surface area contributed by atoms with Crippen molar-refractivity contribution in [2.75, 3.05) is 20.3 Å². The maximum Gasteiger partial charge on any atom is 0.252 e. The second kappa shape index (κ2) is 5.69. The van der Waals surface area contributed by atoms with Gasteiger partial charge in [0.2, 0.25) is 0 Å². The SMILES string of the molecule is COCC(CO)NS(=O)(=O)c1cnc(C)s1. The molecule has 1 unspecified atom stereocenters. The van der Waals surface area contributed by atoms with Crippen LogP contribution in [0.15, 0.2) is 10.4 Å². The van der Waals surface area contributed by atoms with Gasteiger partial charge in [-0.25, -0.2) is 18.1 Å². The molecule has 8 heteroatoms. The van der Waals surface area contributed by atoms with E-state index in [1.54, 1.807) is 6.92 Å². The van der Waals surface area contributed by atoms with Crippen LogP contribution in [0.25, 0.3) is 0 Å². The molecule has 0 aliphatic rings. The molecule has 1 heterocycles. The van der Waals surface area contributed by atoms with Crippen LogP contribution in [0.5, 0.6) is 0 Å². The van der Waals surface area contributed by atoms with E-state index in [4.69, 9.17) is 9.84 Å². The van der Waals surface area contributed by atoms with Gasteiger partial charge in [0.25, 0.3) is 10.0 Å². The van der Waals surface area contributed by atoms with E-state index in [0.717, 1.165) is 11.3 Å². The summed E-state index contributed by atoms with van der Waals surface area (Å²) < 4.78 is 30.8. The minimum atomic E-state index is -3.61. The van der Waals surface area contributed by atoms with Crippen LogP contribution >= 0.6 is 11.3 Å². The van der Waals surface area contributed by atoms with Crippen molar-refractivity contribution in [3.63, 3.8) is 0 Å². The molecule has 16 heavy (non-hydrogen) atoms. The molecule has 1 aromatic rings. The number of aliphatic hydroxyl groups excluding tert-OH is 1. The van der Waals surface area contributed by atoms with Crippen molar-refractivity contribution < 1.29 is 18.3 Å². The molecular weight excluding hydrogens is 252 g/mol. The fourth-order valence-electron chi connectivity index (χ4n) is 1.07. The van der Waals surface area contributed by atoms with Crippen molar-refractivity contribution in [2.24, 2.45) is 0 Å². The fraction of sp³-hybridized carbons (Fsp3) is 0.625. The molecule has 0 aliphatic heterocycles. The Kier molecular flexibility index (Phi) is 4.81. The summed E-state index contributed by atoms with van der Waals surface area (Å²) in [4.78, 5) is 3.87. The third kappa shape index (κ3) is 3.49. The van der Waals surface area contributed by atoms with Crippen LogP contribution in [0.3, 0.4) is 0 Å². The highest BCUT2D eigenvalue weighted by molar-refractivity contribution is 7.91. The van der Waals surface area contributed by atoms with E-state index >= 15 is 0 Å². The maximum atomic E-state index is 11.8. The van der Waals surface area contributed by atoms with Crippen LogP contribution in [0, 0.1) is 6.92 Å². The van der Waals surface area contributed by atoms with E-state index in [1.807, 2.05) is 0 Å². The van der Waals surface area contributed by atoms with Gasteiger partial charge in [0, 0.05) is 7.11 Å². The molecule has 0 fully saturated rings. The summed E-state index contributed by atoms with van der Waals surface area (Å²) in [5.41, 5.74) is 0. The van der Waals surface area contributed by atoms with Crippen LogP contribution in [0.2, 0.25) is 0 Å². The van der Waals surface area contributed by atoms with E-state index in [0.29, 0.717) is 5.01 Å². The van der Waals surface area contributed by atoms with Gasteiger partial charge in [0.15, 0.2) is 4.21 Å². The summed E-state index contributed by atoms with van der Waals surface area (Å²) in [7, 11) is -2.17. The number of methoxy groups -OCH3 is 1. The molecule has 1 atom stereocenters. The van der Waals surface area contributed by atoms with E-state index < -0.39 is 16.1 Å². The third-order valence-electron chi connectivity index (χ3n) is 1.77. The molecule has 0 saturated heterocycles. The lowest BCUT2D eigenvalue weighted by molar-refractivity contribution is 0.139. The molecule has 0 saturated carbocycles. The van der Waals surface area contributed by atoms with Crippen LogP contribution in [-0.2, 0) is 14.8 Å². The molecular formula is C8H14N2O4S2. The van der Waals surface area contributed by atoms with Crippen LogP contribution in [0.4, 0.5) is 0 Å². The van der Waals surface area contributed by atoms with Crippen LogP contribution in [0.1, 0.15) is 5.01 Å². The Bertz CT molecular complexity index is 429. The van der Waals surface area contributed by atoms with E-state index in [2.05, 4.69) is 9.71 Å². The molecule has 0 aliphatic carbocycles. The predicted molar refractivity (Wildman–Crippen MR) is 59.9 cm³/mol. The molecule has 0 spiro atoms. The van der Waals surface area contributed by atoms with E-state index in [9.17, 15) is 8.42 Å². The molecule has 1 aromatic heterocycles. The highest BCUT2D eigenvalue weighted by Crippen LogP contribution is 2.17. The van der Waals surface area contributed by atoms with Crippen molar-refractivity contribution in [3.8, 4) is 0 Å². The second-order valence-electron chi connectivity index (χ2n) is 3.15. The molecule has 92 valence electrons. The second-order valence-corrected chi connectivity index (χ2v) is 6.33. The molecule has 0 radical (unpaired) electrons. The van der Waals surface area contributed by atoms with Crippen molar-refractivity contribution in [3.05, 3.63) is 11.2 Å². The Hall–Kier alpha value is -0.540. The number of hydrogen-bond donors (Lipinski definition) is 2. The largest absolute Gasteiger partial charge is 0.395 e. The molecule has 2 N–H and O–H groups in total. The van der Waals surface area contributed by atoms with Crippen molar-refractivity contribution in [1.82, 2.24) is 9.71 Å². The maximum absolute atomic E-state index is 11.8. The number of rotatable bonds is 6. The van der Waals surface area contributed by atoms with Crippen molar-refractivity contribution in [2.45, 2.75) is 17.2 Å². The van der Waals surface area contributed by atoms with Gasteiger partial charge in [-0.1, -0.05) is 0 Å². The zero-order valence-electron chi connectivity index (χ0n) is 9.00. The lowest BCUT2D eigenvalue weighted by atomic mass is 10.4. The molecule has 1 rings (SSSR count). The molecule has 6 nitrogen and oxygen atoms in total. The smallest absolute Gasteiger partial charge is 0.252 e. The zero-order valence-corrected chi connectivity index (χ0v) is 10.6. The Balaban J connectivity index is 2.78. The first-order valence-electron chi connectivity index (χ1n) is 4.54. The predicted octanol–water partition coefficient (Wildman–Crippen LogP) is -0.263. The van der Waals surface area contributed by atoms with Gasteiger partial charge in [-0.2, -0.15) is 0 Å². The summed E-state index contributed by atoms with van der Waals surface area (Å²) >= 11 is 1.08. The number of nitrogens with zero attached hydrogens (tertiary/aromatic N) is 1. The summed E-state index contributed by atoms with van der Waals surface area (Å²) in [6, 6.07) is -0.641. The Labute approximate surface area is 98.3 Å². The van der Waals surface area contributed by atoms with Crippen molar-refractivity contribution in [1.29, 1.82) is 0 Å². The van der Waals surface area contributed by atoms with Gasteiger partial charge in [-0.05, 0) is 6.92 Å². The average molecular weight is 266 g/mol. The zero-order chi connectivity index (χ0) is 12.2. The molecule has 0 aromatic carbocycles. The van der Waals surface area contributed by atoms with Gasteiger partial charge in [0.1, 0.15) is 0 Å². The first kappa shape index (κ1) is 13.5. The van der Waals surface area contributed by atoms with Crippen LogP contribution < -0.4 is 4.72 Å². The van der Waals surface area contributed by atoms with Gasteiger partial charge in [-0.15, -0.1) is 11.3 Å². The first-order valence-corrected chi connectivity index (χ1v) is 6.84. The van der Waals surface area contributed by atoms with E-state index in [-0.39, 0.29) is 17.4 Å². The highest BCUT2D eigenvalue weighted by Gasteiger charge is 2.21. The van der Waals surface area contributed by atoms with Gasteiger partial charge < -0.3 is 9.84 Å². The van der Waals surface area contributed by atoms with Gasteiger partial charge in [-0.3, -0.25) is 0 Å². The number of hydrogen-bond acceptors (Lipinski definition) is 6. The minimum Gasteiger partial charge on any atom is -0.395 e. The summed E-state index contributed by atoms with van der Waals surface area (Å²) in [6.45, 7) is 1.53. The number of nitrogens with one attached hydrogen (secondary N) is 1. The lowest BCUT2D eigenvalue weighted by Gasteiger charge is -2.14.